The van der Waals surface area contributed by atoms with Crippen molar-refractivity contribution in [3.05, 3.63) is 11.9 Å². The zero-order chi connectivity index (χ0) is 18.1. The molecule has 1 aromatic heterocycles. The molecule has 0 aromatic carbocycles. The molecular formula is C16H22N4O5. The van der Waals surface area contributed by atoms with E-state index in [0.29, 0.717) is 19.4 Å². The molecule has 3 N–H and O–H groups in total. The molecule has 4 atom stereocenters. The number of ether oxygens (including phenoxy) is 1. The van der Waals surface area contributed by atoms with Gasteiger partial charge < -0.3 is 20.5 Å². The first-order chi connectivity index (χ1) is 11.9. The van der Waals surface area contributed by atoms with Crippen LogP contribution >= 0.6 is 0 Å². The molecule has 2 amide bonds. The lowest BCUT2D eigenvalue weighted by molar-refractivity contribution is -0.147. The second-order valence-corrected chi connectivity index (χ2v) is 6.46. The topological polar surface area (TPSA) is 123 Å². The van der Waals surface area contributed by atoms with E-state index in [-0.39, 0.29) is 23.4 Å². The van der Waals surface area contributed by atoms with Gasteiger partial charge in [0.05, 0.1) is 35.9 Å². The number of fused-ring (bicyclic) bond motifs is 2. The van der Waals surface area contributed by atoms with Gasteiger partial charge in [-0.1, -0.05) is 6.92 Å². The van der Waals surface area contributed by atoms with Gasteiger partial charge in [0.15, 0.2) is 0 Å². The molecule has 9 heteroatoms. The molecule has 2 aliphatic heterocycles. The van der Waals surface area contributed by atoms with Crippen LogP contribution in [0.3, 0.4) is 0 Å². The minimum absolute atomic E-state index is 0.234. The van der Waals surface area contributed by atoms with Crippen LogP contribution in [-0.2, 0) is 21.4 Å². The highest BCUT2D eigenvalue weighted by Gasteiger charge is 2.55. The van der Waals surface area contributed by atoms with Gasteiger partial charge in [-0.3, -0.25) is 19.1 Å². The maximum atomic E-state index is 12.7. The highest BCUT2D eigenvalue weighted by Crippen LogP contribution is 2.44. The van der Waals surface area contributed by atoms with Crippen molar-refractivity contribution in [1.82, 2.24) is 15.1 Å². The highest BCUT2D eigenvalue weighted by molar-refractivity contribution is 6.03. The van der Waals surface area contributed by atoms with Gasteiger partial charge in [0.25, 0.3) is 5.91 Å². The van der Waals surface area contributed by atoms with Crippen molar-refractivity contribution in [2.45, 2.75) is 38.4 Å². The molecule has 1 aromatic rings. The van der Waals surface area contributed by atoms with Gasteiger partial charge in [-0.2, -0.15) is 5.10 Å². The quantitative estimate of drug-likeness (QED) is 0.681. The molecule has 4 unspecified atom stereocenters. The molecule has 3 rings (SSSR count). The molecule has 2 fully saturated rings. The van der Waals surface area contributed by atoms with Gasteiger partial charge in [-0.25, -0.2) is 0 Å². The fourth-order valence-corrected chi connectivity index (χ4v) is 3.66. The molecule has 3 heterocycles. The van der Waals surface area contributed by atoms with Crippen LogP contribution < -0.4 is 10.6 Å². The summed E-state index contributed by atoms with van der Waals surface area (Å²) >= 11 is 0. The molecule has 2 saturated heterocycles. The van der Waals surface area contributed by atoms with E-state index >= 15 is 0 Å². The maximum absolute atomic E-state index is 12.7. The average Bonchev–Trinajstić information content (AvgIpc) is 3.26. The van der Waals surface area contributed by atoms with E-state index in [4.69, 9.17) is 4.74 Å². The first-order valence-corrected chi connectivity index (χ1v) is 8.43. The number of carbonyl (C=O) groups excluding carboxylic acids is 2. The predicted molar refractivity (Wildman–Crippen MR) is 87.0 cm³/mol. The lowest BCUT2D eigenvalue weighted by Gasteiger charge is -2.23. The van der Waals surface area contributed by atoms with Crippen molar-refractivity contribution >= 4 is 23.5 Å². The molecular weight excluding hydrogens is 328 g/mol. The number of nitrogens with one attached hydrogen (secondary N) is 2. The number of aromatic nitrogens is 2. The van der Waals surface area contributed by atoms with Crippen LogP contribution in [0.1, 0.15) is 36.7 Å². The van der Waals surface area contributed by atoms with Gasteiger partial charge in [0.1, 0.15) is 5.69 Å². The SMILES string of the molecule is CCCNC(=O)c1c(NC(=O)C2C3CCC(O3)C2C(=O)O)cnn1C. The summed E-state index contributed by atoms with van der Waals surface area (Å²) in [6, 6.07) is 0. The van der Waals surface area contributed by atoms with Crippen LogP contribution in [-0.4, -0.2) is 51.4 Å². The fraction of sp³-hybridized carbons (Fsp3) is 0.625. The Morgan fingerprint density at radius 3 is 2.64 bits per heavy atom. The van der Waals surface area contributed by atoms with Crippen LogP contribution in [0.5, 0.6) is 0 Å². The number of hydrogen-bond acceptors (Lipinski definition) is 5. The van der Waals surface area contributed by atoms with Gasteiger partial charge in [-0.05, 0) is 19.3 Å². The van der Waals surface area contributed by atoms with Gasteiger partial charge >= 0.3 is 5.97 Å². The first kappa shape index (κ1) is 17.4. The molecule has 0 aliphatic carbocycles. The van der Waals surface area contributed by atoms with Crippen molar-refractivity contribution < 1.29 is 24.2 Å². The zero-order valence-electron chi connectivity index (χ0n) is 14.2. The van der Waals surface area contributed by atoms with E-state index in [0.717, 1.165) is 6.42 Å². The summed E-state index contributed by atoms with van der Waals surface area (Å²) in [5.41, 5.74) is 0.505. The third-order valence-electron chi connectivity index (χ3n) is 4.81. The molecule has 9 nitrogen and oxygen atoms in total. The Morgan fingerprint density at radius 2 is 2.00 bits per heavy atom. The number of hydrogen-bond donors (Lipinski definition) is 3. The summed E-state index contributed by atoms with van der Waals surface area (Å²) in [4.78, 5) is 36.5. The van der Waals surface area contributed by atoms with E-state index in [1.807, 2.05) is 6.92 Å². The standard InChI is InChI=1S/C16H22N4O5/c1-3-6-17-15(22)13-8(7-18-20(13)2)19-14(21)11-9-4-5-10(25-9)12(11)16(23)24/h7,9-12H,3-6H2,1-2H3,(H,17,22)(H,19,21)(H,23,24). The Labute approximate surface area is 144 Å². The van der Waals surface area contributed by atoms with Crippen molar-refractivity contribution in [3.8, 4) is 0 Å². The Morgan fingerprint density at radius 1 is 1.32 bits per heavy atom. The number of amides is 2. The number of rotatable bonds is 6. The summed E-state index contributed by atoms with van der Waals surface area (Å²) < 4.78 is 6.99. The molecule has 2 aliphatic rings. The van der Waals surface area contributed by atoms with Crippen LogP contribution in [0.25, 0.3) is 0 Å². The third-order valence-corrected chi connectivity index (χ3v) is 4.81. The fourth-order valence-electron chi connectivity index (χ4n) is 3.66. The van der Waals surface area contributed by atoms with Crippen LogP contribution in [0, 0.1) is 11.8 Å². The van der Waals surface area contributed by atoms with E-state index in [1.54, 1.807) is 7.05 Å². The van der Waals surface area contributed by atoms with Crippen molar-refractivity contribution in [2.75, 3.05) is 11.9 Å². The predicted octanol–water partition coefficient (Wildman–Crippen LogP) is 0.377. The van der Waals surface area contributed by atoms with E-state index in [9.17, 15) is 19.5 Å². The number of carboxylic acids is 1. The monoisotopic (exact) mass is 350 g/mol. The molecule has 0 radical (unpaired) electrons. The Kier molecular flexibility index (Phi) is 4.76. The number of carbonyl (C=O) groups is 3. The molecule has 0 saturated carbocycles. The van der Waals surface area contributed by atoms with Crippen LogP contribution in [0.15, 0.2) is 6.20 Å². The van der Waals surface area contributed by atoms with Crippen LogP contribution in [0.2, 0.25) is 0 Å². The van der Waals surface area contributed by atoms with E-state index < -0.39 is 29.8 Å². The van der Waals surface area contributed by atoms with Crippen molar-refractivity contribution in [3.63, 3.8) is 0 Å². The molecule has 2 bridgehead atoms. The minimum atomic E-state index is -1.03. The van der Waals surface area contributed by atoms with E-state index in [1.165, 1.54) is 10.9 Å². The largest absolute Gasteiger partial charge is 0.481 e. The number of aliphatic carboxylic acids is 1. The van der Waals surface area contributed by atoms with Crippen LogP contribution in [0.4, 0.5) is 5.69 Å². The minimum Gasteiger partial charge on any atom is -0.481 e. The summed E-state index contributed by atoms with van der Waals surface area (Å²) in [6.07, 6.45) is 2.70. The first-order valence-electron chi connectivity index (χ1n) is 8.43. The Balaban J connectivity index is 1.77. The van der Waals surface area contributed by atoms with Crippen molar-refractivity contribution in [2.24, 2.45) is 18.9 Å². The summed E-state index contributed by atoms with van der Waals surface area (Å²) in [6.45, 7) is 2.45. The molecule has 136 valence electrons. The maximum Gasteiger partial charge on any atom is 0.310 e. The van der Waals surface area contributed by atoms with Crippen molar-refractivity contribution in [1.29, 1.82) is 0 Å². The third kappa shape index (κ3) is 3.11. The zero-order valence-corrected chi connectivity index (χ0v) is 14.2. The Bertz CT molecular complexity index is 701. The lowest BCUT2D eigenvalue weighted by Crippen LogP contribution is -2.41. The number of nitrogens with zero attached hydrogens (tertiary/aromatic N) is 2. The Hall–Kier alpha value is -2.42. The highest BCUT2D eigenvalue weighted by atomic mass is 16.5. The number of anilines is 1. The molecule has 0 spiro atoms. The molecule has 25 heavy (non-hydrogen) atoms. The summed E-state index contributed by atoms with van der Waals surface area (Å²) in [5.74, 6) is -3.43. The normalized spacial score (nSPS) is 27.3. The van der Waals surface area contributed by atoms with Gasteiger partial charge in [0, 0.05) is 13.6 Å². The number of aryl methyl sites for hydroxylation is 1. The average molecular weight is 350 g/mol. The van der Waals surface area contributed by atoms with Gasteiger partial charge in [-0.15, -0.1) is 0 Å². The second-order valence-electron chi connectivity index (χ2n) is 6.46. The summed E-state index contributed by atoms with van der Waals surface area (Å²) in [7, 11) is 1.61. The van der Waals surface area contributed by atoms with E-state index in [2.05, 4.69) is 15.7 Å². The summed E-state index contributed by atoms with van der Waals surface area (Å²) in [5, 5.41) is 18.9. The second kappa shape index (κ2) is 6.83. The smallest absolute Gasteiger partial charge is 0.310 e. The lowest BCUT2D eigenvalue weighted by atomic mass is 9.78. The number of carboxylic acid groups (broad SMARTS) is 1. The van der Waals surface area contributed by atoms with Gasteiger partial charge in [0.2, 0.25) is 5.91 Å².